The van der Waals surface area contributed by atoms with E-state index in [0.717, 1.165) is 5.82 Å². The Balaban J connectivity index is 2.92. The van der Waals surface area contributed by atoms with Gasteiger partial charge in [0.25, 0.3) is 5.91 Å². The van der Waals surface area contributed by atoms with Crippen molar-refractivity contribution in [3.05, 3.63) is 17.7 Å². The van der Waals surface area contributed by atoms with Crippen molar-refractivity contribution in [2.24, 2.45) is 0 Å². The van der Waals surface area contributed by atoms with Crippen LogP contribution in [0.1, 0.15) is 36.1 Å². The Kier molecular flexibility index (Phi) is 4.66. The average molecular weight is 271 g/mol. The van der Waals surface area contributed by atoms with Gasteiger partial charge in [-0.2, -0.15) is 0 Å². The van der Waals surface area contributed by atoms with E-state index in [-0.39, 0.29) is 11.8 Å². The highest BCUT2D eigenvalue weighted by molar-refractivity contribution is 6.65. The molecule has 102 valence electrons. The van der Waals surface area contributed by atoms with Gasteiger partial charge in [-0.1, -0.05) is 13.8 Å². The highest BCUT2D eigenvalue weighted by Gasteiger charge is 2.39. The number of rotatable bonds is 5. The van der Waals surface area contributed by atoms with Crippen molar-refractivity contribution in [3.63, 3.8) is 0 Å². The molecule has 0 atom stereocenters. The fourth-order valence-electron chi connectivity index (χ4n) is 1.46. The zero-order valence-corrected chi connectivity index (χ0v) is 12.8. The summed E-state index contributed by atoms with van der Waals surface area (Å²) in [5.41, 5.74) is 0.453. The summed E-state index contributed by atoms with van der Waals surface area (Å²) in [5.74, 6) is 0.877. The predicted octanol–water partition coefficient (Wildman–Crippen LogP) is 1.47. The second-order valence-electron chi connectivity index (χ2n) is 4.51. The molecule has 0 aliphatic rings. The number of carbonyl (C=O) groups is 1. The minimum atomic E-state index is -2.63. The second kappa shape index (κ2) is 5.64. The predicted molar refractivity (Wildman–Crippen MR) is 70.4 cm³/mol. The number of amides is 1. The first kappa shape index (κ1) is 14.9. The van der Waals surface area contributed by atoms with Gasteiger partial charge in [0.15, 0.2) is 0 Å². The van der Waals surface area contributed by atoms with Gasteiger partial charge in [-0.15, -0.1) is 0 Å². The van der Waals surface area contributed by atoms with Crippen molar-refractivity contribution in [1.29, 1.82) is 0 Å². The molecule has 1 N–H and O–H groups in total. The lowest BCUT2D eigenvalue weighted by Crippen LogP contribution is -2.55. The van der Waals surface area contributed by atoms with E-state index in [4.69, 9.17) is 8.85 Å². The molecule has 0 aliphatic carbocycles. The summed E-state index contributed by atoms with van der Waals surface area (Å²) >= 11 is 0. The van der Waals surface area contributed by atoms with Crippen LogP contribution in [-0.4, -0.2) is 50.4 Å². The molecule has 0 spiro atoms. The maximum absolute atomic E-state index is 12.3. The summed E-state index contributed by atoms with van der Waals surface area (Å²) in [6.45, 7) is 5.84. The molecular formula is C11H21N3O3Si. The minimum Gasteiger partial charge on any atom is -0.382 e. The third kappa shape index (κ3) is 2.79. The van der Waals surface area contributed by atoms with Gasteiger partial charge < -0.3 is 18.4 Å². The van der Waals surface area contributed by atoms with E-state index in [1.54, 1.807) is 27.5 Å². The Hall–Kier alpha value is -1.18. The number of aromatic amines is 1. The van der Waals surface area contributed by atoms with E-state index in [1.807, 2.05) is 20.4 Å². The largest absolute Gasteiger partial charge is 0.458 e. The van der Waals surface area contributed by atoms with Gasteiger partial charge in [-0.3, -0.25) is 4.79 Å². The van der Waals surface area contributed by atoms with Gasteiger partial charge in [-0.05, 0) is 6.55 Å². The first-order valence-corrected chi connectivity index (χ1v) is 8.05. The van der Waals surface area contributed by atoms with Gasteiger partial charge in [-0.25, -0.2) is 4.98 Å². The van der Waals surface area contributed by atoms with Gasteiger partial charge in [0.05, 0.1) is 6.20 Å². The Labute approximate surface area is 109 Å². The van der Waals surface area contributed by atoms with E-state index in [0.29, 0.717) is 5.69 Å². The normalized spacial score (nSPS) is 11.9. The van der Waals surface area contributed by atoms with Crippen LogP contribution in [0.5, 0.6) is 0 Å². The summed E-state index contributed by atoms with van der Waals surface area (Å²) in [6, 6.07) is 0. The molecule has 0 fully saturated rings. The molecule has 0 unspecified atom stereocenters. The average Bonchev–Trinajstić information content (AvgIpc) is 2.85. The Bertz CT molecular complexity index is 415. The molecule has 1 heterocycles. The van der Waals surface area contributed by atoms with Gasteiger partial charge in [0, 0.05) is 27.2 Å². The Morgan fingerprint density at radius 1 is 1.44 bits per heavy atom. The number of imidazole rings is 1. The van der Waals surface area contributed by atoms with Crippen LogP contribution in [0.25, 0.3) is 0 Å². The fraction of sp³-hybridized carbons (Fsp3) is 0.636. The standard InChI is InChI=1S/C11H21N3O3Si/c1-8(2)10-12-7-9(13-10)11(15)14(3)18(6,16-4)17-5/h7-8H,1-6H3,(H,12,13). The first-order chi connectivity index (χ1) is 8.35. The molecular weight excluding hydrogens is 250 g/mol. The van der Waals surface area contributed by atoms with Crippen LogP contribution in [0.15, 0.2) is 6.20 Å². The van der Waals surface area contributed by atoms with Crippen LogP contribution in [0.3, 0.4) is 0 Å². The molecule has 1 rings (SSSR count). The molecule has 7 heteroatoms. The SMILES string of the molecule is CO[Si](C)(OC)N(C)C(=O)c1cnc(C(C)C)[nH]1. The lowest BCUT2D eigenvalue weighted by atomic mass is 10.2. The maximum Gasteiger partial charge on any atom is 0.458 e. The molecule has 0 radical (unpaired) electrons. The zero-order chi connectivity index (χ0) is 13.9. The number of aromatic nitrogens is 2. The highest BCUT2D eigenvalue weighted by Crippen LogP contribution is 2.15. The fourth-order valence-corrected chi connectivity index (χ4v) is 2.66. The van der Waals surface area contributed by atoms with Crippen LogP contribution in [0.4, 0.5) is 0 Å². The van der Waals surface area contributed by atoms with E-state index in [9.17, 15) is 4.79 Å². The van der Waals surface area contributed by atoms with Crippen molar-refractivity contribution in [3.8, 4) is 0 Å². The van der Waals surface area contributed by atoms with Crippen LogP contribution in [0.2, 0.25) is 6.55 Å². The van der Waals surface area contributed by atoms with Gasteiger partial charge in [0.2, 0.25) is 0 Å². The third-order valence-corrected chi connectivity index (χ3v) is 5.98. The minimum absolute atomic E-state index is 0.174. The van der Waals surface area contributed by atoms with Gasteiger partial charge in [0.1, 0.15) is 11.5 Å². The smallest absolute Gasteiger partial charge is 0.382 e. The lowest BCUT2D eigenvalue weighted by Gasteiger charge is -2.31. The summed E-state index contributed by atoms with van der Waals surface area (Å²) in [6.07, 6.45) is 1.55. The molecule has 1 aromatic heterocycles. The lowest BCUT2D eigenvalue weighted by molar-refractivity contribution is 0.0789. The van der Waals surface area contributed by atoms with Crippen molar-refractivity contribution < 1.29 is 13.6 Å². The molecule has 1 amide bonds. The number of hydrogen-bond acceptors (Lipinski definition) is 4. The molecule has 18 heavy (non-hydrogen) atoms. The van der Waals surface area contributed by atoms with Crippen LogP contribution < -0.4 is 0 Å². The molecule has 1 aromatic rings. The summed E-state index contributed by atoms with van der Waals surface area (Å²) in [5, 5.41) is 0. The molecule has 0 aliphatic heterocycles. The number of nitrogens with zero attached hydrogens (tertiary/aromatic N) is 2. The topological polar surface area (TPSA) is 67.5 Å². The monoisotopic (exact) mass is 271 g/mol. The Morgan fingerprint density at radius 2 is 2.00 bits per heavy atom. The first-order valence-electron chi connectivity index (χ1n) is 5.79. The summed E-state index contributed by atoms with van der Waals surface area (Å²) in [7, 11) is 2.14. The second-order valence-corrected chi connectivity index (χ2v) is 7.79. The van der Waals surface area contributed by atoms with Crippen LogP contribution >= 0.6 is 0 Å². The molecule has 0 aromatic carbocycles. The molecule has 0 saturated carbocycles. The number of hydrogen-bond donors (Lipinski definition) is 1. The number of H-pyrrole nitrogens is 1. The van der Waals surface area contributed by atoms with Crippen molar-refractivity contribution in [1.82, 2.24) is 14.5 Å². The summed E-state index contributed by atoms with van der Waals surface area (Å²) in [4.78, 5) is 19.5. The number of nitrogens with one attached hydrogen (secondary N) is 1. The zero-order valence-electron chi connectivity index (χ0n) is 11.8. The van der Waals surface area contributed by atoms with Crippen LogP contribution in [-0.2, 0) is 8.85 Å². The number of carbonyl (C=O) groups excluding carboxylic acids is 1. The molecule has 6 nitrogen and oxygen atoms in total. The van der Waals surface area contributed by atoms with E-state index < -0.39 is 8.72 Å². The highest BCUT2D eigenvalue weighted by atomic mass is 28.4. The molecule has 0 saturated heterocycles. The van der Waals surface area contributed by atoms with Crippen molar-refractivity contribution in [2.75, 3.05) is 21.3 Å². The van der Waals surface area contributed by atoms with E-state index in [2.05, 4.69) is 9.97 Å². The van der Waals surface area contributed by atoms with E-state index >= 15 is 0 Å². The molecule has 0 bridgehead atoms. The third-order valence-electron chi connectivity index (χ3n) is 3.04. The van der Waals surface area contributed by atoms with E-state index in [1.165, 1.54) is 4.57 Å². The quantitative estimate of drug-likeness (QED) is 0.823. The Morgan fingerprint density at radius 3 is 2.39 bits per heavy atom. The van der Waals surface area contributed by atoms with Crippen LogP contribution in [0, 0.1) is 0 Å². The summed E-state index contributed by atoms with van der Waals surface area (Å²) < 4.78 is 12.2. The van der Waals surface area contributed by atoms with Crippen molar-refractivity contribution in [2.45, 2.75) is 26.3 Å². The van der Waals surface area contributed by atoms with Gasteiger partial charge >= 0.3 is 8.72 Å². The van der Waals surface area contributed by atoms with Crippen molar-refractivity contribution >= 4 is 14.6 Å². The maximum atomic E-state index is 12.3.